The standard InChI is InChI=1S/C15H18N2O3/c1-10-7-8-12-13(16-10)17(15(19)20-14(12)18)9-11-5-3-2-4-6-11/h2-6,10,12-13,16H,7-9H2,1H3. The largest absolute Gasteiger partial charge is 0.419 e. The molecule has 0 aliphatic carbocycles. The van der Waals surface area contributed by atoms with E-state index >= 15 is 0 Å². The molecular weight excluding hydrogens is 256 g/mol. The average molecular weight is 274 g/mol. The Kier molecular flexibility index (Phi) is 3.44. The molecule has 3 unspecified atom stereocenters. The molecule has 1 aromatic carbocycles. The van der Waals surface area contributed by atoms with Gasteiger partial charge < -0.3 is 4.74 Å². The average Bonchev–Trinajstić information content (AvgIpc) is 2.44. The summed E-state index contributed by atoms with van der Waals surface area (Å²) in [4.78, 5) is 25.5. The summed E-state index contributed by atoms with van der Waals surface area (Å²) in [6.07, 6.45) is 0.870. The highest BCUT2D eigenvalue weighted by atomic mass is 16.6. The molecular formula is C15H18N2O3. The third kappa shape index (κ3) is 2.41. The Morgan fingerprint density at radius 3 is 2.75 bits per heavy atom. The van der Waals surface area contributed by atoms with Gasteiger partial charge >= 0.3 is 12.1 Å². The van der Waals surface area contributed by atoms with Gasteiger partial charge in [0.25, 0.3) is 0 Å². The first-order valence-electron chi connectivity index (χ1n) is 6.97. The monoisotopic (exact) mass is 274 g/mol. The van der Waals surface area contributed by atoms with Crippen LogP contribution in [-0.4, -0.2) is 29.2 Å². The lowest BCUT2D eigenvalue weighted by molar-refractivity contribution is -0.154. The van der Waals surface area contributed by atoms with Crippen molar-refractivity contribution in [2.24, 2.45) is 5.92 Å². The van der Waals surface area contributed by atoms with Crippen LogP contribution < -0.4 is 5.32 Å². The van der Waals surface area contributed by atoms with E-state index in [1.165, 1.54) is 0 Å². The number of carbonyl (C=O) groups excluding carboxylic acids is 2. The van der Waals surface area contributed by atoms with Gasteiger partial charge in [-0.2, -0.15) is 0 Å². The number of rotatable bonds is 2. The number of esters is 1. The van der Waals surface area contributed by atoms with Crippen LogP contribution in [0.25, 0.3) is 0 Å². The molecule has 2 aliphatic heterocycles. The molecule has 0 bridgehead atoms. The third-order valence-electron chi connectivity index (χ3n) is 4.00. The van der Waals surface area contributed by atoms with Gasteiger partial charge in [-0.15, -0.1) is 0 Å². The molecule has 3 rings (SSSR count). The van der Waals surface area contributed by atoms with E-state index in [-0.39, 0.29) is 12.1 Å². The van der Waals surface area contributed by atoms with Crippen molar-refractivity contribution in [2.45, 2.75) is 38.5 Å². The second-order valence-electron chi connectivity index (χ2n) is 5.50. The molecule has 1 aromatic rings. The number of carbonyl (C=O) groups is 2. The van der Waals surface area contributed by atoms with Crippen molar-refractivity contribution < 1.29 is 14.3 Å². The molecule has 1 amide bonds. The second-order valence-corrected chi connectivity index (χ2v) is 5.50. The van der Waals surface area contributed by atoms with Crippen LogP contribution in [-0.2, 0) is 16.1 Å². The highest BCUT2D eigenvalue weighted by molar-refractivity contribution is 5.89. The van der Waals surface area contributed by atoms with Crippen LogP contribution in [0.3, 0.4) is 0 Å². The molecule has 5 heteroatoms. The number of amides is 1. The molecule has 0 radical (unpaired) electrons. The minimum absolute atomic E-state index is 0.257. The first-order chi connectivity index (χ1) is 9.65. The van der Waals surface area contributed by atoms with E-state index in [4.69, 9.17) is 4.74 Å². The highest BCUT2D eigenvalue weighted by Gasteiger charge is 2.45. The van der Waals surface area contributed by atoms with E-state index < -0.39 is 12.1 Å². The van der Waals surface area contributed by atoms with Crippen molar-refractivity contribution in [3.8, 4) is 0 Å². The lowest BCUT2D eigenvalue weighted by Gasteiger charge is -2.44. The van der Waals surface area contributed by atoms with Crippen LogP contribution >= 0.6 is 0 Å². The summed E-state index contributed by atoms with van der Waals surface area (Å²) in [5.41, 5.74) is 1.03. The van der Waals surface area contributed by atoms with Crippen molar-refractivity contribution in [1.29, 1.82) is 0 Å². The quantitative estimate of drug-likeness (QED) is 0.661. The first kappa shape index (κ1) is 13.1. The second kappa shape index (κ2) is 5.25. The summed E-state index contributed by atoms with van der Waals surface area (Å²) < 4.78 is 4.88. The van der Waals surface area contributed by atoms with Gasteiger partial charge in [0.05, 0.1) is 18.6 Å². The number of fused-ring (bicyclic) bond motifs is 1. The van der Waals surface area contributed by atoms with Gasteiger partial charge in [0.2, 0.25) is 0 Å². The van der Waals surface area contributed by atoms with Gasteiger partial charge in [0, 0.05) is 6.04 Å². The maximum atomic E-state index is 12.0. The molecule has 106 valence electrons. The molecule has 0 saturated carbocycles. The van der Waals surface area contributed by atoms with E-state index in [1.807, 2.05) is 30.3 Å². The van der Waals surface area contributed by atoms with Crippen molar-refractivity contribution in [1.82, 2.24) is 10.2 Å². The van der Waals surface area contributed by atoms with Gasteiger partial charge in [0.1, 0.15) is 0 Å². The number of nitrogens with one attached hydrogen (secondary N) is 1. The predicted octanol–water partition coefficient (Wildman–Crippen LogP) is 1.88. The van der Waals surface area contributed by atoms with Crippen LogP contribution in [0, 0.1) is 5.92 Å². The minimum atomic E-state index is -0.554. The van der Waals surface area contributed by atoms with E-state index in [2.05, 4.69) is 12.2 Å². The Morgan fingerprint density at radius 2 is 2.00 bits per heavy atom. The van der Waals surface area contributed by atoms with E-state index in [1.54, 1.807) is 4.90 Å². The van der Waals surface area contributed by atoms with Crippen molar-refractivity contribution in [3.63, 3.8) is 0 Å². The van der Waals surface area contributed by atoms with Crippen molar-refractivity contribution >= 4 is 12.1 Å². The summed E-state index contributed by atoms with van der Waals surface area (Å²) in [5.74, 6) is -0.656. The van der Waals surface area contributed by atoms with Gasteiger partial charge in [-0.25, -0.2) is 4.79 Å². The molecule has 3 atom stereocenters. The fraction of sp³-hybridized carbons (Fsp3) is 0.467. The van der Waals surface area contributed by atoms with Gasteiger partial charge in [-0.1, -0.05) is 30.3 Å². The maximum absolute atomic E-state index is 12.0. The van der Waals surface area contributed by atoms with Crippen LogP contribution in [0.15, 0.2) is 30.3 Å². The van der Waals surface area contributed by atoms with E-state index in [9.17, 15) is 9.59 Å². The van der Waals surface area contributed by atoms with Gasteiger partial charge in [-0.3, -0.25) is 15.0 Å². The fourth-order valence-corrected chi connectivity index (χ4v) is 2.91. The van der Waals surface area contributed by atoms with E-state index in [0.717, 1.165) is 18.4 Å². The lowest BCUT2D eigenvalue weighted by atomic mass is 9.90. The normalized spacial score (nSPS) is 29.9. The molecule has 2 heterocycles. The molecule has 0 aromatic heterocycles. The number of cyclic esters (lactones) is 2. The lowest BCUT2D eigenvalue weighted by Crippen LogP contribution is -2.63. The van der Waals surface area contributed by atoms with Gasteiger partial charge in [-0.05, 0) is 25.3 Å². The summed E-state index contributed by atoms with van der Waals surface area (Å²) >= 11 is 0. The number of hydrogen-bond donors (Lipinski definition) is 1. The molecule has 20 heavy (non-hydrogen) atoms. The number of hydrogen-bond acceptors (Lipinski definition) is 4. The van der Waals surface area contributed by atoms with Crippen LogP contribution in [0.2, 0.25) is 0 Å². The van der Waals surface area contributed by atoms with Gasteiger partial charge in [0.15, 0.2) is 0 Å². The number of piperidine rings is 1. The van der Waals surface area contributed by atoms with Crippen LogP contribution in [0.1, 0.15) is 25.3 Å². The SMILES string of the molecule is CC1CCC2C(=O)OC(=O)N(Cc3ccccc3)C2N1. The summed E-state index contributed by atoms with van der Waals surface area (Å²) in [5, 5.41) is 3.35. The molecule has 2 aliphatic rings. The predicted molar refractivity (Wildman–Crippen MR) is 72.6 cm³/mol. The summed E-state index contributed by atoms with van der Waals surface area (Å²) in [6, 6.07) is 10.0. The van der Waals surface area contributed by atoms with Crippen LogP contribution in [0.4, 0.5) is 4.79 Å². The number of benzene rings is 1. The summed E-state index contributed by atoms with van der Waals surface area (Å²) in [7, 11) is 0. The Bertz CT molecular complexity index is 517. The van der Waals surface area contributed by atoms with Crippen molar-refractivity contribution in [2.75, 3.05) is 0 Å². The zero-order chi connectivity index (χ0) is 14.1. The Balaban J connectivity index is 1.83. The first-order valence-corrected chi connectivity index (χ1v) is 6.97. The zero-order valence-electron chi connectivity index (χ0n) is 11.4. The third-order valence-corrected chi connectivity index (χ3v) is 4.00. The molecule has 2 saturated heterocycles. The Hall–Kier alpha value is -1.88. The molecule has 1 N–H and O–H groups in total. The minimum Gasteiger partial charge on any atom is -0.376 e. The highest BCUT2D eigenvalue weighted by Crippen LogP contribution is 2.29. The van der Waals surface area contributed by atoms with E-state index in [0.29, 0.717) is 12.6 Å². The zero-order valence-corrected chi connectivity index (χ0v) is 11.4. The number of nitrogens with zero attached hydrogens (tertiary/aromatic N) is 1. The smallest absolute Gasteiger partial charge is 0.376 e. The maximum Gasteiger partial charge on any atom is 0.419 e. The van der Waals surface area contributed by atoms with Crippen LogP contribution in [0.5, 0.6) is 0 Å². The summed E-state index contributed by atoms with van der Waals surface area (Å²) in [6.45, 7) is 2.52. The van der Waals surface area contributed by atoms with Crippen molar-refractivity contribution in [3.05, 3.63) is 35.9 Å². The molecule has 0 spiro atoms. The Labute approximate surface area is 117 Å². The molecule has 5 nitrogen and oxygen atoms in total. The Morgan fingerprint density at radius 1 is 1.25 bits per heavy atom. The number of ether oxygens (including phenoxy) is 1. The molecule has 2 fully saturated rings. The fourth-order valence-electron chi connectivity index (χ4n) is 2.91. The topological polar surface area (TPSA) is 58.6 Å².